The van der Waals surface area contributed by atoms with Gasteiger partial charge in [-0.2, -0.15) is 0 Å². The Kier molecular flexibility index (Phi) is 3.53. The highest BCUT2D eigenvalue weighted by Gasteiger charge is 2.04. The molecule has 2 rings (SSSR count). The Balaban J connectivity index is 2.28. The summed E-state index contributed by atoms with van der Waals surface area (Å²) in [5.41, 5.74) is 2.10. The van der Waals surface area contributed by atoms with Gasteiger partial charge in [-0.05, 0) is 49.4 Å². The number of benzene rings is 2. The first-order valence-electron chi connectivity index (χ1n) is 5.42. The maximum atomic E-state index is 11.3. The van der Waals surface area contributed by atoms with Crippen molar-refractivity contribution in [2.75, 3.05) is 5.32 Å². The van der Waals surface area contributed by atoms with Gasteiger partial charge in [0.05, 0.1) is 0 Å². The third-order valence-corrected chi connectivity index (χ3v) is 2.68. The van der Waals surface area contributed by atoms with Crippen LogP contribution in [0.2, 0.25) is 5.02 Å². The van der Waals surface area contributed by atoms with Gasteiger partial charge in [0.15, 0.2) is 5.78 Å². The molecule has 0 saturated carbocycles. The van der Waals surface area contributed by atoms with Crippen molar-refractivity contribution in [3.63, 3.8) is 0 Å². The summed E-state index contributed by atoms with van der Waals surface area (Å²) in [6, 6.07) is 11.7. The van der Waals surface area contributed by atoms with E-state index < -0.39 is 0 Å². The maximum absolute atomic E-state index is 11.3. The standard InChI is InChI=1S/C14H12ClNO2/c1-9(17)10-6-11(15)8-13(7-10)16-12-2-4-14(18)5-3-12/h2-8,16,18H,1H3. The molecule has 0 radical (unpaired) electrons. The Morgan fingerprint density at radius 3 is 2.39 bits per heavy atom. The number of phenolic OH excluding ortho intramolecular Hbond substituents is 1. The van der Waals surface area contributed by atoms with Gasteiger partial charge in [0.1, 0.15) is 5.75 Å². The molecular weight excluding hydrogens is 250 g/mol. The second-order valence-corrected chi connectivity index (χ2v) is 4.39. The van der Waals surface area contributed by atoms with Crippen LogP contribution >= 0.6 is 11.6 Å². The van der Waals surface area contributed by atoms with E-state index in [9.17, 15) is 9.90 Å². The second kappa shape index (κ2) is 5.10. The molecule has 18 heavy (non-hydrogen) atoms. The number of hydrogen-bond acceptors (Lipinski definition) is 3. The highest BCUT2D eigenvalue weighted by molar-refractivity contribution is 6.31. The molecule has 2 N–H and O–H groups in total. The lowest BCUT2D eigenvalue weighted by Gasteiger charge is -2.08. The first-order valence-corrected chi connectivity index (χ1v) is 5.80. The van der Waals surface area contributed by atoms with Crippen LogP contribution in [-0.2, 0) is 0 Å². The number of carbonyl (C=O) groups excluding carboxylic acids is 1. The number of halogens is 1. The molecule has 0 atom stereocenters. The molecule has 4 heteroatoms. The van der Waals surface area contributed by atoms with Crippen molar-refractivity contribution in [3.05, 3.63) is 53.1 Å². The number of Topliss-reactive ketones (excluding diaryl/α,β-unsaturated/α-hetero) is 1. The lowest BCUT2D eigenvalue weighted by Crippen LogP contribution is -1.95. The molecular formula is C14H12ClNO2. The molecule has 0 aliphatic heterocycles. The third kappa shape index (κ3) is 3.02. The van der Waals surface area contributed by atoms with E-state index in [0.717, 1.165) is 11.4 Å². The molecule has 0 fully saturated rings. The normalized spacial score (nSPS) is 10.1. The molecule has 0 saturated heterocycles. The Morgan fingerprint density at radius 1 is 1.11 bits per heavy atom. The third-order valence-electron chi connectivity index (χ3n) is 2.46. The minimum Gasteiger partial charge on any atom is -0.508 e. The predicted octanol–water partition coefficient (Wildman–Crippen LogP) is 3.99. The van der Waals surface area contributed by atoms with Crippen molar-refractivity contribution in [2.24, 2.45) is 0 Å². The Morgan fingerprint density at radius 2 is 1.78 bits per heavy atom. The number of hydrogen-bond donors (Lipinski definition) is 2. The van der Waals surface area contributed by atoms with Crippen molar-refractivity contribution in [1.29, 1.82) is 0 Å². The van der Waals surface area contributed by atoms with E-state index in [1.807, 2.05) is 0 Å². The Bertz CT molecular complexity index is 579. The van der Waals surface area contributed by atoms with Gasteiger partial charge in [0.2, 0.25) is 0 Å². The minimum absolute atomic E-state index is 0.0359. The van der Waals surface area contributed by atoms with Crippen LogP contribution in [0.4, 0.5) is 11.4 Å². The fourth-order valence-corrected chi connectivity index (χ4v) is 1.81. The lowest BCUT2D eigenvalue weighted by molar-refractivity contribution is 0.101. The summed E-state index contributed by atoms with van der Waals surface area (Å²) < 4.78 is 0. The van der Waals surface area contributed by atoms with Crippen LogP contribution in [0.5, 0.6) is 5.75 Å². The van der Waals surface area contributed by atoms with Crippen molar-refractivity contribution >= 4 is 28.8 Å². The monoisotopic (exact) mass is 261 g/mol. The van der Waals surface area contributed by atoms with Crippen molar-refractivity contribution < 1.29 is 9.90 Å². The van der Waals surface area contributed by atoms with Crippen LogP contribution in [0.25, 0.3) is 0 Å². The van der Waals surface area contributed by atoms with Crippen LogP contribution in [0.15, 0.2) is 42.5 Å². The molecule has 0 unspecified atom stereocenters. The van der Waals surface area contributed by atoms with Crippen LogP contribution < -0.4 is 5.32 Å². The summed E-state index contributed by atoms with van der Waals surface area (Å²) >= 11 is 5.95. The molecule has 0 bridgehead atoms. The number of aromatic hydroxyl groups is 1. The van der Waals surface area contributed by atoms with E-state index in [2.05, 4.69) is 5.32 Å². The number of rotatable bonds is 3. The first-order chi connectivity index (χ1) is 8.54. The van der Waals surface area contributed by atoms with Crippen molar-refractivity contribution in [2.45, 2.75) is 6.92 Å². The summed E-state index contributed by atoms with van der Waals surface area (Å²) in [5.74, 6) is 0.169. The van der Waals surface area contributed by atoms with E-state index in [1.165, 1.54) is 6.92 Å². The van der Waals surface area contributed by atoms with Crippen molar-refractivity contribution in [1.82, 2.24) is 0 Å². The molecule has 0 aromatic heterocycles. The zero-order chi connectivity index (χ0) is 13.1. The zero-order valence-corrected chi connectivity index (χ0v) is 10.5. The van der Waals surface area contributed by atoms with Gasteiger partial charge in [-0.25, -0.2) is 0 Å². The van der Waals surface area contributed by atoms with Crippen molar-refractivity contribution in [3.8, 4) is 5.75 Å². The van der Waals surface area contributed by atoms with Crippen LogP contribution in [0.3, 0.4) is 0 Å². The second-order valence-electron chi connectivity index (χ2n) is 3.96. The van der Waals surface area contributed by atoms with E-state index in [-0.39, 0.29) is 11.5 Å². The summed E-state index contributed by atoms with van der Waals surface area (Å²) in [6.45, 7) is 1.50. The number of carbonyl (C=O) groups is 1. The summed E-state index contributed by atoms with van der Waals surface area (Å²) in [5, 5.41) is 12.8. The summed E-state index contributed by atoms with van der Waals surface area (Å²) in [6.07, 6.45) is 0. The van der Waals surface area contributed by atoms with E-state index in [4.69, 9.17) is 11.6 Å². The summed E-state index contributed by atoms with van der Waals surface area (Å²) in [4.78, 5) is 11.3. The molecule has 0 aliphatic carbocycles. The lowest BCUT2D eigenvalue weighted by atomic mass is 10.1. The van der Waals surface area contributed by atoms with Crippen LogP contribution in [0.1, 0.15) is 17.3 Å². The van der Waals surface area contributed by atoms with Gasteiger partial charge < -0.3 is 10.4 Å². The van der Waals surface area contributed by atoms with E-state index in [1.54, 1.807) is 42.5 Å². The molecule has 0 aliphatic rings. The Labute approximate surface area is 110 Å². The van der Waals surface area contributed by atoms with Gasteiger partial charge in [-0.1, -0.05) is 11.6 Å². The molecule has 2 aromatic carbocycles. The van der Waals surface area contributed by atoms with E-state index in [0.29, 0.717) is 10.6 Å². The van der Waals surface area contributed by atoms with E-state index >= 15 is 0 Å². The van der Waals surface area contributed by atoms with Crippen LogP contribution in [-0.4, -0.2) is 10.9 Å². The SMILES string of the molecule is CC(=O)c1cc(Cl)cc(Nc2ccc(O)cc2)c1. The topological polar surface area (TPSA) is 49.3 Å². The van der Waals surface area contributed by atoms with Gasteiger partial charge in [-0.3, -0.25) is 4.79 Å². The highest BCUT2D eigenvalue weighted by Crippen LogP contribution is 2.24. The fourth-order valence-electron chi connectivity index (χ4n) is 1.58. The van der Waals surface area contributed by atoms with Gasteiger partial charge in [-0.15, -0.1) is 0 Å². The van der Waals surface area contributed by atoms with Gasteiger partial charge in [0.25, 0.3) is 0 Å². The Hall–Kier alpha value is -2.00. The average Bonchev–Trinajstić information content (AvgIpc) is 2.31. The fraction of sp³-hybridized carbons (Fsp3) is 0.0714. The molecule has 92 valence electrons. The zero-order valence-electron chi connectivity index (χ0n) is 9.77. The largest absolute Gasteiger partial charge is 0.508 e. The molecule has 0 amide bonds. The highest BCUT2D eigenvalue weighted by atomic mass is 35.5. The summed E-state index contributed by atoms with van der Waals surface area (Å²) in [7, 11) is 0. The maximum Gasteiger partial charge on any atom is 0.159 e. The number of phenols is 1. The smallest absolute Gasteiger partial charge is 0.159 e. The average molecular weight is 262 g/mol. The number of ketones is 1. The first kappa shape index (κ1) is 12.5. The van der Waals surface area contributed by atoms with Crippen LogP contribution in [0, 0.1) is 0 Å². The van der Waals surface area contributed by atoms with Gasteiger partial charge >= 0.3 is 0 Å². The number of nitrogens with one attached hydrogen (secondary N) is 1. The quantitative estimate of drug-likeness (QED) is 0.649. The molecule has 0 heterocycles. The molecule has 0 spiro atoms. The molecule has 3 nitrogen and oxygen atoms in total. The number of anilines is 2. The minimum atomic E-state index is -0.0359. The predicted molar refractivity (Wildman–Crippen MR) is 72.8 cm³/mol. The molecule has 2 aromatic rings. The van der Waals surface area contributed by atoms with Gasteiger partial charge in [0, 0.05) is 22.0 Å².